The molecule has 2 aliphatic heterocycles. The summed E-state index contributed by atoms with van der Waals surface area (Å²) in [6.07, 6.45) is 0. The number of nitrogens with zero attached hydrogens (tertiary/aromatic N) is 2. The number of amidine groups is 1. The highest BCUT2D eigenvalue weighted by Gasteiger charge is 2.46. The average molecular weight is 435 g/mol. The third kappa shape index (κ3) is 4.24. The number of sulfone groups is 1. The summed E-state index contributed by atoms with van der Waals surface area (Å²) in [4.78, 5) is 6.97. The Labute approximate surface area is 175 Å². The van der Waals surface area contributed by atoms with Gasteiger partial charge in [0, 0.05) is 17.3 Å². The number of benzene rings is 2. The molecular weight excluding hydrogens is 412 g/mol. The Kier molecular flexibility index (Phi) is 5.47. The maximum atomic E-state index is 12.1. The SMILES string of the molecule is Cc1ccc(CSC2=NC3CS(=O)(=O)CC3N2Cc2ccc(Cl)cc2)cc1C. The van der Waals surface area contributed by atoms with Gasteiger partial charge in [0.2, 0.25) is 0 Å². The van der Waals surface area contributed by atoms with Gasteiger partial charge in [0.1, 0.15) is 0 Å². The lowest BCUT2D eigenvalue weighted by molar-refractivity contribution is 0.343. The van der Waals surface area contributed by atoms with Gasteiger partial charge in [-0.15, -0.1) is 0 Å². The summed E-state index contributed by atoms with van der Waals surface area (Å²) < 4.78 is 24.2. The van der Waals surface area contributed by atoms with Crippen molar-refractivity contribution in [3.05, 3.63) is 69.7 Å². The van der Waals surface area contributed by atoms with Crippen LogP contribution in [0.5, 0.6) is 0 Å². The molecule has 0 radical (unpaired) electrons. The third-order valence-electron chi connectivity index (χ3n) is 5.42. The topological polar surface area (TPSA) is 49.7 Å². The minimum Gasteiger partial charge on any atom is -0.341 e. The number of thioether (sulfide) groups is 1. The van der Waals surface area contributed by atoms with Crippen molar-refractivity contribution >= 4 is 38.4 Å². The summed E-state index contributed by atoms with van der Waals surface area (Å²) in [5.74, 6) is 1.16. The van der Waals surface area contributed by atoms with Crippen LogP contribution in [0.1, 0.15) is 22.3 Å². The standard InChI is InChI=1S/C21H23ClN2O2S2/c1-14-3-4-17(9-15(14)2)11-27-21-23-19-12-28(25,26)13-20(19)24(21)10-16-5-7-18(22)8-6-16/h3-9,19-20H,10-13H2,1-2H3. The van der Waals surface area contributed by atoms with Gasteiger partial charge in [-0.3, -0.25) is 4.99 Å². The van der Waals surface area contributed by atoms with Gasteiger partial charge in [0.25, 0.3) is 0 Å². The van der Waals surface area contributed by atoms with Gasteiger partial charge in [-0.1, -0.05) is 53.7 Å². The fraction of sp³-hybridized carbons (Fsp3) is 0.381. The minimum atomic E-state index is -3.02. The van der Waals surface area contributed by atoms with Gasteiger partial charge in [0.15, 0.2) is 15.0 Å². The van der Waals surface area contributed by atoms with Gasteiger partial charge < -0.3 is 4.90 Å². The van der Waals surface area contributed by atoms with Crippen LogP contribution in [-0.2, 0) is 22.1 Å². The van der Waals surface area contributed by atoms with Crippen LogP contribution in [0.3, 0.4) is 0 Å². The molecule has 7 heteroatoms. The first-order valence-corrected chi connectivity index (χ1v) is 12.5. The molecule has 2 aliphatic rings. The van der Waals surface area contributed by atoms with Crippen LogP contribution >= 0.6 is 23.4 Å². The Balaban J connectivity index is 1.54. The maximum absolute atomic E-state index is 12.1. The van der Waals surface area contributed by atoms with Crippen molar-refractivity contribution in [2.75, 3.05) is 11.5 Å². The van der Waals surface area contributed by atoms with Crippen molar-refractivity contribution in [3.8, 4) is 0 Å². The molecule has 0 saturated carbocycles. The molecule has 28 heavy (non-hydrogen) atoms. The lowest BCUT2D eigenvalue weighted by Crippen LogP contribution is -2.38. The van der Waals surface area contributed by atoms with Gasteiger partial charge in [-0.25, -0.2) is 8.42 Å². The zero-order chi connectivity index (χ0) is 19.9. The van der Waals surface area contributed by atoms with E-state index in [1.54, 1.807) is 11.8 Å². The van der Waals surface area contributed by atoms with Crippen LogP contribution in [0.15, 0.2) is 47.5 Å². The Morgan fingerprint density at radius 3 is 2.50 bits per heavy atom. The Morgan fingerprint density at radius 2 is 1.79 bits per heavy atom. The fourth-order valence-corrected chi connectivity index (χ4v) is 6.77. The number of halogens is 1. The summed E-state index contributed by atoms with van der Waals surface area (Å²) in [6.45, 7) is 4.88. The van der Waals surface area contributed by atoms with E-state index in [1.807, 2.05) is 24.3 Å². The molecule has 0 aliphatic carbocycles. The second kappa shape index (κ2) is 7.73. The third-order valence-corrected chi connectivity index (χ3v) is 8.45. The highest BCUT2D eigenvalue weighted by atomic mass is 35.5. The lowest BCUT2D eigenvalue weighted by atomic mass is 10.1. The highest BCUT2D eigenvalue weighted by Crippen LogP contribution is 2.33. The Bertz CT molecular complexity index is 1020. The molecule has 0 amide bonds. The average Bonchev–Trinajstić information content (AvgIpc) is 3.10. The maximum Gasteiger partial charge on any atom is 0.160 e. The van der Waals surface area contributed by atoms with E-state index in [4.69, 9.17) is 16.6 Å². The van der Waals surface area contributed by atoms with Gasteiger partial charge in [0.05, 0.1) is 23.6 Å². The molecule has 4 nitrogen and oxygen atoms in total. The molecular formula is C21H23ClN2O2S2. The molecule has 0 N–H and O–H groups in total. The van der Waals surface area contributed by atoms with Crippen molar-refractivity contribution in [1.82, 2.24) is 4.90 Å². The molecule has 4 rings (SSSR count). The second-order valence-corrected chi connectivity index (χ2v) is 11.1. The zero-order valence-electron chi connectivity index (χ0n) is 15.9. The van der Waals surface area contributed by atoms with Crippen molar-refractivity contribution in [2.45, 2.75) is 38.2 Å². The van der Waals surface area contributed by atoms with E-state index in [2.05, 4.69) is 36.9 Å². The normalized spacial score (nSPS) is 23.0. The van der Waals surface area contributed by atoms with Crippen LogP contribution in [0.25, 0.3) is 0 Å². The summed E-state index contributed by atoms with van der Waals surface area (Å²) in [6, 6.07) is 14.0. The Hall–Kier alpha value is -1.50. The predicted octanol–water partition coefficient (Wildman–Crippen LogP) is 4.23. The van der Waals surface area contributed by atoms with Crippen molar-refractivity contribution in [1.29, 1.82) is 0 Å². The fourth-order valence-electron chi connectivity index (χ4n) is 3.72. The molecule has 0 aromatic heterocycles. The van der Waals surface area contributed by atoms with Gasteiger partial charge >= 0.3 is 0 Å². The van der Waals surface area contributed by atoms with Crippen LogP contribution in [0.2, 0.25) is 5.02 Å². The van der Waals surface area contributed by atoms with E-state index >= 15 is 0 Å². The number of hydrogen-bond acceptors (Lipinski definition) is 5. The molecule has 2 heterocycles. The van der Waals surface area contributed by atoms with Crippen LogP contribution in [-0.4, -0.2) is 42.1 Å². The second-order valence-electron chi connectivity index (χ2n) is 7.58. The first kappa shape index (κ1) is 19.8. The summed E-state index contributed by atoms with van der Waals surface area (Å²) >= 11 is 7.70. The molecule has 148 valence electrons. The highest BCUT2D eigenvalue weighted by molar-refractivity contribution is 8.13. The number of fused-ring (bicyclic) bond motifs is 1. The van der Waals surface area contributed by atoms with Gasteiger partial charge in [-0.05, 0) is 48.2 Å². The molecule has 2 atom stereocenters. The smallest absolute Gasteiger partial charge is 0.160 e. The Morgan fingerprint density at radius 1 is 1.07 bits per heavy atom. The first-order chi connectivity index (χ1) is 13.3. The zero-order valence-corrected chi connectivity index (χ0v) is 18.3. The summed E-state index contributed by atoms with van der Waals surface area (Å²) in [5, 5.41) is 1.64. The largest absolute Gasteiger partial charge is 0.341 e. The van der Waals surface area contributed by atoms with E-state index < -0.39 is 9.84 Å². The molecule has 1 saturated heterocycles. The number of hydrogen-bond donors (Lipinski definition) is 0. The minimum absolute atomic E-state index is 0.0667. The number of rotatable bonds is 4. The van der Waals surface area contributed by atoms with E-state index in [-0.39, 0.29) is 23.6 Å². The van der Waals surface area contributed by atoms with Crippen LogP contribution in [0, 0.1) is 13.8 Å². The molecule has 2 aromatic carbocycles. The van der Waals surface area contributed by atoms with Crippen molar-refractivity contribution < 1.29 is 8.42 Å². The van der Waals surface area contributed by atoms with Crippen LogP contribution < -0.4 is 0 Å². The number of aliphatic imine (C=N–C) groups is 1. The monoisotopic (exact) mass is 434 g/mol. The summed E-state index contributed by atoms with van der Waals surface area (Å²) in [5.41, 5.74) is 4.93. The van der Waals surface area contributed by atoms with Gasteiger partial charge in [-0.2, -0.15) is 0 Å². The first-order valence-electron chi connectivity index (χ1n) is 9.29. The van der Waals surface area contributed by atoms with Crippen molar-refractivity contribution in [3.63, 3.8) is 0 Å². The molecule has 0 bridgehead atoms. The molecule has 1 fully saturated rings. The summed E-state index contributed by atoms with van der Waals surface area (Å²) in [7, 11) is -3.02. The van der Waals surface area contributed by atoms with E-state index in [1.165, 1.54) is 16.7 Å². The molecule has 2 aromatic rings. The van der Waals surface area contributed by atoms with E-state index in [0.29, 0.717) is 11.6 Å². The van der Waals surface area contributed by atoms with Crippen LogP contribution in [0.4, 0.5) is 0 Å². The quantitative estimate of drug-likeness (QED) is 0.722. The van der Waals surface area contributed by atoms with Crippen molar-refractivity contribution in [2.24, 2.45) is 4.99 Å². The molecule has 0 spiro atoms. The number of aryl methyl sites for hydroxylation is 2. The predicted molar refractivity (Wildman–Crippen MR) is 118 cm³/mol. The molecule has 2 unspecified atom stereocenters. The van der Waals surface area contributed by atoms with E-state index in [0.717, 1.165) is 16.5 Å². The van der Waals surface area contributed by atoms with E-state index in [9.17, 15) is 8.42 Å². The lowest BCUT2D eigenvalue weighted by Gasteiger charge is -2.26.